The number of nitrogens with one attached hydrogen (secondary N) is 1. The molecule has 0 unspecified atom stereocenters. The van der Waals surface area contributed by atoms with Gasteiger partial charge in [-0.1, -0.05) is 24.6 Å². The molecule has 8 heteroatoms. The molecule has 0 aromatic carbocycles. The minimum absolute atomic E-state index is 0.00978. The Kier molecular flexibility index (Phi) is 6.01. The van der Waals surface area contributed by atoms with Crippen molar-refractivity contribution in [1.29, 1.82) is 0 Å². The lowest BCUT2D eigenvalue weighted by Gasteiger charge is -2.19. The Labute approximate surface area is 153 Å². The van der Waals surface area contributed by atoms with Gasteiger partial charge in [0.2, 0.25) is 15.9 Å². The van der Waals surface area contributed by atoms with E-state index in [1.54, 1.807) is 16.4 Å². The predicted octanol–water partition coefficient (Wildman–Crippen LogP) is 2.41. The number of hydrogen-bond acceptors (Lipinski definition) is 5. The van der Waals surface area contributed by atoms with Crippen LogP contribution < -0.4 is 5.32 Å². The number of hydrogen-bond donors (Lipinski definition) is 1. The van der Waals surface area contributed by atoms with Gasteiger partial charge in [0.05, 0.1) is 10.3 Å². The van der Waals surface area contributed by atoms with Crippen molar-refractivity contribution >= 4 is 27.7 Å². The average molecular weight is 384 g/mol. The van der Waals surface area contributed by atoms with Gasteiger partial charge in [0, 0.05) is 25.3 Å². The fraction of sp³-hybridized carbons (Fsp3) is 0.647. The molecular formula is C17H25N3O3S2. The van der Waals surface area contributed by atoms with Crippen LogP contribution in [0.5, 0.6) is 0 Å². The SMILES string of the molecule is C[C@H](Sc1ccc(S(=O)(=O)N2CCCCCC2)cn1)C(=O)NC1CC1. The van der Waals surface area contributed by atoms with Crippen molar-refractivity contribution in [2.75, 3.05) is 13.1 Å². The van der Waals surface area contributed by atoms with Crippen LogP contribution in [0.3, 0.4) is 0 Å². The smallest absolute Gasteiger partial charge is 0.244 e. The molecule has 1 atom stereocenters. The van der Waals surface area contributed by atoms with Crippen molar-refractivity contribution in [3.8, 4) is 0 Å². The van der Waals surface area contributed by atoms with E-state index in [2.05, 4.69) is 10.3 Å². The van der Waals surface area contributed by atoms with E-state index in [1.165, 1.54) is 18.0 Å². The Balaban J connectivity index is 1.63. The molecule has 1 saturated heterocycles. The highest BCUT2D eigenvalue weighted by atomic mass is 32.2. The van der Waals surface area contributed by atoms with Gasteiger partial charge in [-0.3, -0.25) is 4.79 Å². The molecule has 2 fully saturated rings. The first-order valence-electron chi connectivity index (χ1n) is 8.90. The summed E-state index contributed by atoms with van der Waals surface area (Å²) in [5.41, 5.74) is 0. The van der Waals surface area contributed by atoms with Gasteiger partial charge in [-0.2, -0.15) is 4.31 Å². The fourth-order valence-corrected chi connectivity index (χ4v) is 5.06. The third-order valence-corrected chi connectivity index (χ3v) is 7.44. The fourth-order valence-electron chi connectivity index (χ4n) is 2.80. The molecule has 0 bridgehead atoms. The number of amides is 1. The van der Waals surface area contributed by atoms with Crippen molar-refractivity contribution in [3.63, 3.8) is 0 Å². The van der Waals surface area contributed by atoms with Crippen LogP contribution in [0.1, 0.15) is 45.4 Å². The summed E-state index contributed by atoms with van der Waals surface area (Å²) in [6, 6.07) is 3.63. The molecule has 3 rings (SSSR count). The van der Waals surface area contributed by atoms with Crippen molar-refractivity contribution in [3.05, 3.63) is 18.3 Å². The van der Waals surface area contributed by atoms with Gasteiger partial charge in [0.25, 0.3) is 0 Å². The zero-order valence-corrected chi connectivity index (χ0v) is 16.1. The molecule has 0 spiro atoms. The van der Waals surface area contributed by atoms with Crippen molar-refractivity contribution in [2.45, 2.75) is 66.7 Å². The second-order valence-electron chi connectivity index (χ2n) is 6.69. The Hall–Kier alpha value is -1.12. The third-order valence-electron chi connectivity index (χ3n) is 4.50. The van der Waals surface area contributed by atoms with Crippen LogP contribution in [0.15, 0.2) is 28.3 Å². The molecule has 0 radical (unpaired) electrons. The maximum atomic E-state index is 12.7. The topological polar surface area (TPSA) is 79.4 Å². The Bertz CT molecular complexity index is 694. The highest BCUT2D eigenvalue weighted by Crippen LogP contribution is 2.26. The number of sulfonamides is 1. The zero-order chi connectivity index (χ0) is 17.9. The molecule has 1 N–H and O–H groups in total. The van der Waals surface area contributed by atoms with Crippen molar-refractivity contribution in [2.24, 2.45) is 0 Å². The summed E-state index contributed by atoms with van der Waals surface area (Å²) in [7, 11) is -3.47. The number of pyridine rings is 1. The first kappa shape index (κ1) is 18.7. The average Bonchev–Trinajstić information content (AvgIpc) is 3.41. The predicted molar refractivity (Wildman–Crippen MR) is 97.9 cm³/mol. The number of nitrogens with zero attached hydrogens (tertiary/aromatic N) is 2. The van der Waals surface area contributed by atoms with E-state index in [0.29, 0.717) is 24.2 Å². The minimum atomic E-state index is -3.47. The van der Waals surface area contributed by atoms with Gasteiger partial charge in [-0.05, 0) is 44.7 Å². The van der Waals surface area contributed by atoms with E-state index in [9.17, 15) is 13.2 Å². The maximum Gasteiger partial charge on any atom is 0.244 e. The first-order valence-corrected chi connectivity index (χ1v) is 11.2. The van der Waals surface area contributed by atoms with E-state index in [0.717, 1.165) is 38.5 Å². The molecule has 2 aliphatic rings. The molecule has 25 heavy (non-hydrogen) atoms. The summed E-state index contributed by atoms with van der Waals surface area (Å²) in [6.07, 6.45) is 7.52. The summed E-state index contributed by atoms with van der Waals surface area (Å²) < 4.78 is 27.0. The van der Waals surface area contributed by atoms with Gasteiger partial charge in [0.15, 0.2) is 0 Å². The van der Waals surface area contributed by atoms with E-state index in [4.69, 9.17) is 0 Å². The van der Waals surface area contributed by atoms with Gasteiger partial charge >= 0.3 is 0 Å². The Morgan fingerprint density at radius 3 is 2.48 bits per heavy atom. The van der Waals surface area contributed by atoms with Crippen LogP contribution in [0.2, 0.25) is 0 Å². The van der Waals surface area contributed by atoms with Crippen LogP contribution in [-0.2, 0) is 14.8 Å². The molecule has 2 heterocycles. The summed E-state index contributed by atoms with van der Waals surface area (Å²) in [5.74, 6) is 0.00978. The Morgan fingerprint density at radius 2 is 1.92 bits per heavy atom. The number of carbonyl (C=O) groups is 1. The summed E-state index contributed by atoms with van der Waals surface area (Å²) in [6.45, 7) is 3.00. The second-order valence-corrected chi connectivity index (χ2v) is 9.99. The van der Waals surface area contributed by atoms with Crippen LogP contribution >= 0.6 is 11.8 Å². The van der Waals surface area contributed by atoms with Crippen LogP contribution in [-0.4, -0.2) is 48.0 Å². The largest absolute Gasteiger partial charge is 0.352 e. The molecule has 1 saturated carbocycles. The van der Waals surface area contributed by atoms with Crippen LogP contribution in [0.4, 0.5) is 0 Å². The molecule has 1 aliphatic carbocycles. The normalized spacial score (nSPS) is 20.7. The number of aromatic nitrogens is 1. The minimum Gasteiger partial charge on any atom is -0.352 e. The molecule has 138 valence electrons. The molecule has 1 aromatic rings. The standard InChI is InChI=1S/C17H25N3O3S2/c1-13(17(21)19-14-6-7-14)24-16-9-8-15(12-18-16)25(22,23)20-10-4-2-3-5-11-20/h8-9,12-14H,2-7,10-11H2,1H3,(H,19,21)/t13-/m0/s1. The van der Waals surface area contributed by atoms with Gasteiger partial charge in [-0.25, -0.2) is 13.4 Å². The van der Waals surface area contributed by atoms with Gasteiger partial charge < -0.3 is 5.32 Å². The molecule has 1 amide bonds. The highest BCUT2D eigenvalue weighted by molar-refractivity contribution is 8.00. The molecule has 1 aliphatic heterocycles. The van der Waals surface area contributed by atoms with E-state index in [-0.39, 0.29) is 16.1 Å². The first-order chi connectivity index (χ1) is 12.0. The lowest BCUT2D eigenvalue weighted by atomic mass is 10.2. The lowest BCUT2D eigenvalue weighted by Crippen LogP contribution is -2.32. The van der Waals surface area contributed by atoms with Crippen LogP contribution in [0.25, 0.3) is 0 Å². The van der Waals surface area contributed by atoms with Gasteiger partial charge in [-0.15, -0.1) is 0 Å². The molecular weight excluding hydrogens is 358 g/mol. The van der Waals surface area contributed by atoms with Crippen molar-refractivity contribution in [1.82, 2.24) is 14.6 Å². The Morgan fingerprint density at radius 1 is 1.24 bits per heavy atom. The van der Waals surface area contributed by atoms with E-state index >= 15 is 0 Å². The van der Waals surface area contributed by atoms with Crippen molar-refractivity contribution < 1.29 is 13.2 Å². The summed E-state index contributed by atoms with van der Waals surface area (Å²) in [4.78, 5) is 16.5. The van der Waals surface area contributed by atoms with E-state index in [1.807, 2.05) is 6.92 Å². The third kappa shape index (κ3) is 4.95. The maximum absolute atomic E-state index is 12.7. The molecule has 1 aromatic heterocycles. The van der Waals surface area contributed by atoms with Crippen LogP contribution in [0, 0.1) is 0 Å². The number of thioether (sulfide) groups is 1. The number of rotatable bonds is 6. The van der Waals surface area contributed by atoms with E-state index < -0.39 is 10.0 Å². The zero-order valence-electron chi connectivity index (χ0n) is 14.5. The second kappa shape index (κ2) is 8.05. The highest BCUT2D eigenvalue weighted by Gasteiger charge is 2.27. The summed E-state index contributed by atoms with van der Waals surface area (Å²) >= 11 is 1.35. The number of carbonyl (C=O) groups excluding carboxylic acids is 1. The summed E-state index contributed by atoms with van der Waals surface area (Å²) in [5, 5.41) is 3.38. The monoisotopic (exact) mass is 383 g/mol. The lowest BCUT2D eigenvalue weighted by molar-refractivity contribution is -0.120. The quantitative estimate of drug-likeness (QED) is 0.763. The van der Waals surface area contributed by atoms with Gasteiger partial charge in [0.1, 0.15) is 4.90 Å². The molecule has 6 nitrogen and oxygen atoms in total.